The molecule has 3 heteroatoms. The van der Waals surface area contributed by atoms with E-state index in [1.807, 2.05) is 43.3 Å². The quantitative estimate of drug-likeness (QED) is 0.134. The zero-order chi connectivity index (χ0) is 22.4. The maximum Gasteiger partial charge on any atom is 0.240 e. The largest absolute Gasteiger partial charge is 0.273 e. The van der Waals surface area contributed by atoms with Crippen LogP contribution >= 0.6 is 0 Å². The molecule has 0 aliphatic carbocycles. The van der Waals surface area contributed by atoms with Crippen LogP contribution in [0.4, 0.5) is 0 Å². The molecule has 1 aromatic rings. The molecule has 1 N–H and O–H groups in total. The van der Waals surface area contributed by atoms with Crippen LogP contribution in [0.2, 0.25) is 0 Å². The summed E-state index contributed by atoms with van der Waals surface area (Å²) in [4.78, 5) is 11.9. The Bertz CT molecular complexity index is 607. The van der Waals surface area contributed by atoms with Crippen molar-refractivity contribution in [2.75, 3.05) is 0 Å². The zero-order valence-corrected chi connectivity index (χ0v) is 20.2. The van der Waals surface area contributed by atoms with E-state index in [0.29, 0.717) is 6.42 Å². The van der Waals surface area contributed by atoms with E-state index in [0.717, 1.165) is 24.0 Å². The number of carbonyl (C=O) groups excluding carboxylic acids is 1. The molecule has 0 heterocycles. The van der Waals surface area contributed by atoms with Crippen LogP contribution in [0.1, 0.15) is 122 Å². The monoisotopic (exact) mass is 426 g/mol. The topological polar surface area (TPSA) is 41.5 Å². The van der Waals surface area contributed by atoms with E-state index in [-0.39, 0.29) is 5.91 Å². The van der Waals surface area contributed by atoms with Gasteiger partial charge in [-0.15, -0.1) is 0 Å². The van der Waals surface area contributed by atoms with Gasteiger partial charge in [-0.25, -0.2) is 5.43 Å². The van der Waals surface area contributed by atoms with Crippen LogP contribution in [0.3, 0.4) is 0 Å². The van der Waals surface area contributed by atoms with Gasteiger partial charge in [-0.3, -0.25) is 4.79 Å². The summed E-state index contributed by atoms with van der Waals surface area (Å²) in [5, 5.41) is 4.06. The van der Waals surface area contributed by atoms with Crippen LogP contribution < -0.4 is 5.43 Å². The smallest absolute Gasteiger partial charge is 0.240 e. The second kappa shape index (κ2) is 20.0. The summed E-state index contributed by atoms with van der Waals surface area (Å²) in [6.45, 7) is 4.26. The van der Waals surface area contributed by atoms with Crippen LogP contribution in [0.5, 0.6) is 0 Å². The van der Waals surface area contributed by atoms with E-state index in [1.165, 1.54) is 83.5 Å². The highest BCUT2D eigenvalue weighted by Gasteiger charge is 1.99. The summed E-state index contributed by atoms with van der Waals surface area (Å²) in [5.41, 5.74) is 4.79. The molecule has 31 heavy (non-hydrogen) atoms. The molecule has 1 rings (SSSR count). The SMILES string of the molecule is CCCCCCCCCCCCCCCCCC(=O)N/N=C\C(C)=C/c1ccccc1. The Morgan fingerprint density at radius 2 is 1.26 bits per heavy atom. The third-order valence-electron chi connectivity index (χ3n) is 5.66. The number of carbonyl (C=O) groups is 1. The molecule has 0 fully saturated rings. The maximum absolute atomic E-state index is 11.9. The predicted octanol–water partition coefficient (Wildman–Crippen LogP) is 8.45. The lowest BCUT2D eigenvalue weighted by Crippen LogP contribution is -2.16. The number of allylic oxidation sites excluding steroid dienone is 1. The number of hydrogen-bond acceptors (Lipinski definition) is 2. The van der Waals surface area contributed by atoms with Gasteiger partial charge in [-0.05, 0) is 24.5 Å². The van der Waals surface area contributed by atoms with Gasteiger partial charge >= 0.3 is 0 Å². The van der Waals surface area contributed by atoms with Crippen molar-refractivity contribution in [1.29, 1.82) is 0 Å². The lowest BCUT2D eigenvalue weighted by Gasteiger charge is -2.03. The summed E-state index contributed by atoms with van der Waals surface area (Å²) in [6.07, 6.45) is 24.4. The Kier molecular flexibility index (Phi) is 17.5. The standard InChI is InChI=1S/C28H46N2O/c1-3-4-5-6-7-8-9-10-11-12-13-14-15-16-20-23-28(31)30-29-25-26(2)24-27-21-18-17-19-22-27/h17-19,21-22,24-25H,3-16,20,23H2,1-2H3,(H,30,31)/b26-24-,29-25-. The molecule has 0 saturated heterocycles. The summed E-state index contributed by atoms with van der Waals surface area (Å²) < 4.78 is 0. The van der Waals surface area contributed by atoms with Crippen LogP contribution in [-0.2, 0) is 4.79 Å². The summed E-state index contributed by atoms with van der Waals surface area (Å²) in [6, 6.07) is 10.1. The number of amides is 1. The van der Waals surface area contributed by atoms with E-state index in [4.69, 9.17) is 0 Å². The van der Waals surface area contributed by atoms with Crippen LogP contribution in [-0.4, -0.2) is 12.1 Å². The van der Waals surface area contributed by atoms with Gasteiger partial charge in [-0.1, -0.05) is 133 Å². The molecule has 0 aliphatic rings. The Hall–Kier alpha value is -1.90. The third kappa shape index (κ3) is 17.5. The van der Waals surface area contributed by atoms with E-state index < -0.39 is 0 Å². The first-order valence-electron chi connectivity index (χ1n) is 12.8. The fourth-order valence-corrected chi connectivity index (χ4v) is 3.77. The first kappa shape index (κ1) is 27.1. The van der Waals surface area contributed by atoms with Crippen molar-refractivity contribution in [3.8, 4) is 0 Å². The summed E-state index contributed by atoms with van der Waals surface area (Å²) in [5.74, 6) is 0.0125. The molecule has 0 aromatic heterocycles. The number of nitrogens with one attached hydrogen (secondary N) is 1. The molecule has 0 bridgehead atoms. The van der Waals surface area contributed by atoms with Gasteiger partial charge in [-0.2, -0.15) is 5.10 Å². The number of unbranched alkanes of at least 4 members (excludes halogenated alkanes) is 14. The summed E-state index contributed by atoms with van der Waals surface area (Å²) >= 11 is 0. The third-order valence-corrected chi connectivity index (χ3v) is 5.66. The van der Waals surface area contributed by atoms with Gasteiger partial charge in [0.1, 0.15) is 0 Å². The fraction of sp³-hybridized carbons (Fsp3) is 0.643. The fourth-order valence-electron chi connectivity index (χ4n) is 3.77. The number of hydrogen-bond donors (Lipinski definition) is 1. The van der Waals surface area contributed by atoms with Crippen molar-refractivity contribution < 1.29 is 4.79 Å². The van der Waals surface area contributed by atoms with Gasteiger partial charge < -0.3 is 0 Å². The van der Waals surface area contributed by atoms with Gasteiger partial charge in [0.2, 0.25) is 5.91 Å². The summed E-state index contributed by atoms with van der Waals surface area (Å²) in [7, 11) is 0. The molecule has 0 aliphatic heterocycles. The number of benzene rings is 1. The minimum absolute atomic E-state index is 0.0125. The zero-order valence-electron chi connectivity index (χ0n) is 20.2. The number of nitrogens with zero attached hydrogens (tertiary/aromatic N) is 1. The molecule has 0 saturated carbocycles. The predicted molar refractivity (Wildman–Crippen MR) is 136 cm³/mol. The minimum Gasteiger partial charge on any atom is -0.273 e. The first-order chi connectivity index (χ1) is 15.2. The van der Waals surface area contributed by atoms with Gasteiger partial charge in [0.25, 0.3) is 0 Å². The van der Waals surface area contributed by atoms with E-state index >= 15 is 0 Å². The Balaban J connectivity index is 1.89. The molecular weight excluding hydrogens is 380 g/mol. The number of rotatable bonds is 19. The Morgan fingerprint density at radius 3 is 1.77 bits per heavy atom. The average molecular weight is 427 g/mol. The molecule has 0 spiro atoms. The highest BCUT2D eigenvalue weighted by molar-refractivity contribution is 5.86. The molecule has 0 radical (unpaired) electrons. The van der Waals surface area contributed by atoms with E-state index in [9.17, 15) is 4.79 Å². The first-order valence-corrected chi connectivity index (χ1v) is 12.8. The van der Waals surface area contributed by atoms with E-state index in [1.54, 1.807) is 6.21 Å². The molecule has 174 valence electrons. The second-order valence-corrected chi connectivity index (χ2v) is 8.79. The van der Waals surface area contributed by atoms with Crippen LogP contribution in [0.25, 0.3) is 6.08 Å². The molecule has 0 unspecified atom stereocenters. The molecular formula is C28H46N2O. The normalized spacial score (nSPS) is 11.9. The number of hydrazone groups is 1. The minimum atomic E-state index is 0.0125. The van der Waals surface area contributed by atoms with Crippen LogP contribution in [0.15, 0.2) is 41.0 Å². The molecule has 0 atom stereocenters. The lowest BCUT2D eigenvalue weighted by molar-refractivity contribution is -0.121. The average Bonchev–Trinajstić information content (AvgIpc) is 2.77. The van der Waals surface area contributed by atoms with Crippen molar-refractivity contribution >= 4 is 18.2 Å². The van der Waals surface area contributed by atoms with Gasteiger partial charge in [0.05, 0.1) is 6.21 Å². The molecule has 1 aromatic carbocycles. The molecule has 3 nitrogen and oxygen atoms in total. The van der Waals surface area contributed by atoms with Gasteiger partial charge in [0, 0.05) is 6.42 Å². The second-order valence-electron chi connectivity index (χ2n) is 8.79. The van der Waals surface area contributed by atoms with Crippen molar-refractivity contribution in [3.63, 3.8) is 0 Å². The van der Waals surface area contributed by atoms with Crippen molar-refractivity contribution in [2.45, 2.75) is 117 Å². The van der Waals surface area contributed by atoms with Crippen LogP contribution in [0, 0.1) is 0 Å². The maximum atomic E-state index is 11.9. The highest BCUT2D eigenvalue weighted by Crippen LogP contribution is 2.13. The Labute approximate surface area is 191 Å². The highest BCUT2D eigenvalue weighted by atomic mass is 16.2. The lowest BCUT2D eigenvalue weighted by atomic mass is 10.0. The van der Waals surface area contributed by atoms with Crippen molar-refractivity contribution in [2.24, 2.45) is 5.10 Å². The Morgan fingerprint density at radius 1 is 0.774 bits per heavy atom. The van der Waals surface area contributed by atoms with E-state index in [2.05, 4.69) is 17.5 Å². The van der Waals surface area contributed by atoms with Gasteiger partial charge in [0.15, 0.2) is 0 Å². The molecule has 1 amide bonds. The van der Waals surface area contributed by atoms with Crippen molar-refractivity contribution in [1.82, 2.24) is 5.43 Å². The van der Waals surface area contributed by atoms with Crippen molar-refractivity contribution in [3.05, 3.63) is 41.5 Å².